The lowest BCUT2D eigenvalue weighted by Gasteiger charge is -2.10. The molecule has 0 heterocycles. The van der Waals surface area contributed by atoms with Crippen molar-refractivity contribution < 1.29 is 23.8 Å². The van der Waals surface area contributed by atoms with Crippen LogP contribution in [-0.4, -0.2) is 32.6 Å². The molecule has 0 aliphatic rings. The number of ketones is 1. The first-order chi connectivity index (χ1) is 11.5. The summed E-state index contributed by atoms with van der Waals surface area (Å²) in [6, 6.07) is 9.25. The molecule has 0 spiro atoms. The fourth-order valence-corrected chi connectivity index (χ4v) is 2.13. The highest BCUT2D eigenvalue weighted by Crippen LogP contribution is 2.29. The number of esters is 1. The lowest BCUT2D eigenvalue weighted by Crippen LogP contribution is -2.15. The maximum Gasteiger partial charge on any atom is 0.342 e. The molecule has 0 aliphatic carbocycles. The minimum atomic E-state index is -0.726. The summed E-state index contributed by atoms with van der Waals surface area (Å²) in [5.41, 5.74) is 6.44. The van der Waals surface area contributed by atoms with Gasteiger partial charge >= 0.3 is 5.97 Å². The molecular weight excluding hydrogens is 334 g/mol. The fraction of sp³-hybridized carbons (Fsp3) is 0.176. The Labute approximate surface area is 144 Å². The molecule has 7 heteroatoms. The Hall–Kier alpha value is -2.73. The van der Waals surface area contributed by atoms with Crippen LogP contribution in [0.5, 0.6) is 11.5 Å². The second-order valence-electron chi connectivity index (χ2n) is 4.80. The van der Waals surface area contributed by atoms with Gasteiger partial charge in [0.1, 0.15) is 17.1 Å². The highest BCUT2D eigenvalue weighted by Gasteiger charge is 2.18. The van der Waals surface area contributed by atoms with Gasteiger partial charge in [0.25, 0.3) is 0 Å². The Morgan fingerprint density at radius 1 is 1.08 bits per heavy atom. The number of Topliss-reactive ketones (excluding diaryl/α,β-unsaturated/α-hetero) is 1. The molecular formula is C17H16ClNO5. The number of nitrogens with two attached hydrogens (primary N) is 1. The number of nitrogen functional groups attached to an aromatic ring is 1. The average molecular weight is 350 g/mol. The third-order valence-electron chi connectivity index (χ3n) is 3.29. The van der Waals surface area contributed by atoms with Crippen LogP contribution in [0.4, 0.5) is 5.69 Å². The van der Waals surface area contributed by atoms with Crippen molar-refractivity contribution in [1.82, 2.24) is 0 Å². The second-order valence-corrected chi connectivity index (χ2v) is 5.21. The van der Waals surface area contributed by atoms with E-state index in [4.69, 9.17) is 31.5 Å². The number of halogens is 1. The van der Waals surface area contributed by atoms with E-state index >= 15 is 0 Å². The Morgan fingerprint density at radius 2 is 1.75 bits per heavy atom. The zero-order chi connectivity index (χ0) is 17.7. The molecule has 0 saturated heterocycles. The van der Waals surface area contributed by atoms with Gasteiger partial charge in [-0.25, -0.2) is 4.79 Å². The molecule has 126 valence electrons. The van der Waals surface area contributed by atoms with Gasteiger partial charge in [-0.3, -0.25) is 4.79 Å². The Morgan fingerprint density at radius 3 is 2.33 bits per heavy atom. The number of ether oxygens (including phenoxy) is 3. The number of anilines is 1. The zero-order valence-corrected chi connectivity index (χ0v) is 13.9. The number of methoxy groups -OCH3 is 2. The van der Waals surface area contributed by atoms with E-state index in [9.17, 15) is 9.59 Å². The van der Waals surface area contributed by atoms with Crippen LogP contribution in [0.25, 0.3) is 0 Å². The maximum atomic E-state index is 12.2. The van der Waals surface area contributed by atoms with E-state index in [0.29, 0.717) is 11.3 Å². The van der Waals surface area contributed by atoms with Crippen molar-refractivity contribution in [1.29, 1.82) is 0 Å². The van der Waals surface area contributed by atoms with E-state index in [0.717, 1.165) is 0 Å². The summed E-state index contributed by atoms with van der Waals surface area (Å²) in [6.45, 7) is -0.406. The van der Waals surface area contributed by atoms with Crippen molar-refractivity contribution in [2.75, 3.05) is 26.6 Å². The molecule has 0 bridgehead atoms. The molecule has 6 nitrogen and oxygen atoms in total. The molecule has 0 saturated carbocycles. The highest BCUT2D eigenvalue weighted by molar-refractivity contribution is 6.33. The molecule has 0 unspecified atom stereocenters. The molecule has 0 amide bonds. The number of rotatable bonds is 6. The average Bonchev–Trinajstić information content (AvgIpc) is 2.61. The van der Waals surface area contributed by atoms with E-state index in [1.54, 1.807) is 24.3 Å². The molecule has 0 aromatic heterocycles. The first-order valence-electron chi connectivity index (χ1n) is 6.93. The molecule has 0 fully saturated rings. The van der Waals surface area contributed by atoms with Crippen LogP contribution in [0.2, 0.25) is 5.02 Å². The SMILES string of the molecule is COc1ccc(C(=O)COC(=O)c2cc(Cl)c(N)cc2OC)cc1. The lowest BCUT2D eigenvalue weighted by atomic mass is 10.1. The van der Waals surface area contributed by atoms with Gasteiger partial charge in [0.15, 0.2) is 12.4 Å². The van der Waals surface area contributed by atoms with Gasteiger partial charge in [-0.15, -0.1) is 0 Å². The van der Waals surface area contributed by atoms with Crippen molar-refractivity contribution >= 4 is 29.0 Å². The van der Waals surface area contributed by atoms with Crippen LogP contribution in [0.15, 0.2) is 36.4 Å². The Kier molecular flexibility index (Phi) is 5.65. The summed E-state index contributed by atoms with van der Waals surface area (Å²) >= 11 is 5.91. The topological polar surface area (TPSA) is 87.9 Å². The second kappa shape index (κ2) is 7.70. The third kappa shape index (κ3) is 3.97. The van der Waals surface area contributed by atoms with Crippen molar-refractivity contribution in [3.05, 3.63) is 52.5 Å². The first kappa shape index (κ1) is 17.6. The highest BCUT2D eigenvalue weighted by atomic mass is 35.5. The standard InChI is InChI=1S/C17H16ClNO5/c1-22-11-5-3-10(4-6-11)15(20)9-24-17(21)12-7-13(18)14(19)8-16(12)23-2/h3-8H,9,19H2,1-2H3. The van der Waals surface area contributed by atoms with Gasteiger partial charge in [0.2, 0.25) is 0 Å². The third-order valence-corrected chi connectivity index (χ3v) is 3.61. The van der Waals surface area contributed by atoms with Gasteiger partial charge in [0, 0.05) is 11.6 Å². The summed E-state index contributed by atoms with van der Waals surface area (Å²) in [5.74, 6) is -0.217. The van der Waals surface area contributed by atoms with Crippen LogP contribution in [-0.2, 0) is 4.74 Å². The summed E-state index contributed by atoms with van der Waals surface area (Å²) in [7, 11) is 2.92. The van der Waals surface area contributed by atoms with Crippen molar-refractivity contribution in [3.8, 4) is 11.5 Å². The largest absolute Gasteiger partial charge is 0.497 e. The molecule has 2 aromatic rings. The first-order valence-corrected chi connectivity index (χ1v) is 7.31. The molecule has 2 rings (SSSR count). The fourth-order valence-electron chi connectivity index (χ4n) is 1.97. The van der Waals surface area contributed by atoms with Gasteiger partial charge in [-0.1, -0.05) is 11.6 Å². The normalized spacial score (nSPS) is 10.1. The van der Waals surface area contributed by atoms with E-state index in [1.807, 2.05) is 0 Å². The van der Waals surface area contributed by atoms with Crippen LogP contribution in [0, 0.1) is 0 Å². The lowest BCUT2D eigenvalue weighted by molar-refractivity contribution is 0.0471. The van der Waals surface area contributed by atoms with Crippen molar-refractivity contribution in [2.45, 2.75) is 0 Å². The predicted molar refractivity (Wildman–Crippen MR) is 90.0 cm³/mol. The van der Waals surface area contributed by atoms with Gasteiger partial charge in [0.05, 0.1) is 24.9 Å². The molecule has 2 aromatic carbocycles. The minimum absolute atomic E-state index is 0.0965. The number of hydrogen-bond acceptors (Lipinski definition) is 6. The number of carbonyl (C=O) groups excluding carboxylic acids is 2. The van der Waals surface area contributed by atoms with Crippen LogP contribution in [0.1, 0.15) is 20.7 Å². The Balaban J connectivity index is 2.07. The number of hydrogen-bond donors (Lipinski definition) is 1. The van der Waals surface area contributed by atoms with E-state index in [-0.39, 0.29) is 27.8 Å². The van der Waals surface area contributed by atoms with Crippen LogP contribution in [0.3, 0.4) is 0 Å². The molecule has 0 atom stereocenters. The minimum Gasteiger partial charge on any atom is -0.497 e. The van der Waals surface area contributed by atoms with Gasteiger partial charge in [-0.05, 0) is 30.3 Å². The zero-order valence-electron chi connectivity index (χ0n) is 13.2. The monoisotopic (exact) mass is 349 g/mol. The number of carbonyl (C=O) groups is 2. The van der Waals surface area contributed by atoms with Crippen LogP contribution < -0.4 is 15.2 Å². The number of benzene rings is 2. The van der Waals surface area contributed by atoms with Crippen LogP contribution >= 0.6 is 11.6 Å². The predicted octanol–water partition coefficient (Wildman–Crippen LogP) is 2.98. The quantitative estimate of drug-likeness (QED) is 0.490. The van der Waals surface area contributed by atoms with Gasteiger partial charge in [-0.2, -0.15) is 0 Å². The van der Waals surface area contributed by atoms with E-state index in [1.165, 1.54) is 26.4 Å². The molecule has 0 radical (unpaired) electrons. The van der Waals surface area contributed by atoms with Crippen molar-refractivity contribution in [3.63, 3.8) is 0 Å². The molecule has 0 aliphatic heterocycles. The maximum absolute atomic E-state index is 12.2. The van der Waals surface area contributed by atoms with Gasteiger partial charge < -0.3 is 19.9 Å². The molecule has 24 heavy (non-hydrogen) atoms. The Bertz CT molecular complexity index is 758. The smallest absolute Gasteiger partial charge is 0.342 e. The van der Waals surface area contributed by atoms with Crippen molar-refractivity contribution in [2.24, 2.45) is 0 Å². The summed E-state index contributed by atoms with van der Waals surface area (Å²) in [5, 5.41) is 0.198. The summed E-state index contributed by atoms with van der Waals surface area (Å²) in [4.78, 5) is 24.2. The van der Waals surface area contributed by atoms with E-state index < -0.39 is 12.6 Å². The summed E-state index contributed by atoms with van der Waals surface area (Å²) < 4.78 is 15.1. The molecule has 2 N–H and O–H groups in total. The van der Waals surface area contributed by atoms with E-state index in [2.05, 4.69) is 0 Å². The summed E-state index contributed by atoms with van der Waals surface area (Å²) in [6.07, 6.45) is 0.